The minimum Gasteiger partial charge on any atom is -0.497 e. The SMILES string of the molecule is COc1ccc(C(=O)C2C(=O)C(=O)N(C3NN=C(C)S3)C2c2ccc(Cl)c(Cl)c2)cc1. The first kappa shape index (κ1) is 21.7. The summed E-state index contributed by atoms with van der Waals surface area (Å²) in [4.78, 5) is 40.8. The van der Waals surface area contributed by atoms with E-state index in [0.29, 0.717) is 26.9 Å². The minimum atomic E-state index is -1.23. The third kappa shape index (κ3) is 3.91. The molecule has 0 aromatic heterocycles. The highest BCUT2D eigenvalue weighted by molar-refractivity contribution is 8.14. The van der Waals surface area contributed by atoms with Crippen LogP contribution < -0.4 is 10.2 Å². The number of Topliss-reactive ketones (excluding diaryl/α,β-unsaturated/α-hetero) is 2. The zero-order valence-electron chi connectivity index (χ0n) is 16.5. The zero-order valence-corrected chi connectivity index (χ0v) is 18.8. The molecule has 160 valence electrons. The zero-order chi connectivity index (χ0) is 22.3. The lowest BCUT2D eigenvalue weighted by Crippen LogP contribution is -2.43. The fraction of sp³-hybridized carbons (Fsp3) is 0.238. The largest absolute Gasteiger partial charge is 0.497 e. The lowest BCUT2D eigenvalue weighted by atomic mass is 9.86. The Morgan fingerprint density at radius 1 is 1.13 bits per heavy atom. The quantitative estimate of drug-likeness (QED) is 0.399. The molecule has 7 nitrogen and oxygen atoms in total. The number of nitrogens with one attached hydrogen (secondary N) is 1. The number of hydrogen-bond acceptors (Lipinski definition) is 7. The second-order valence-corrected chi connectivity index (χ2v) is 9.08. The number of ketones is 2. The molecule has 2 aliphatic heterocycles. The first-order valence-corrected chi connectivity index (χ1v) is 10.9. The Morgan fingerprint density at radius 2 is 1.84 bits per heavy atom. The van der Waals surface area contributed by atoms with Crippen LogP contribution in [0, 0.1) is 5.92 Å². The number of carbonyl (C=O) groups excluding carboxylic acids is 3. The number of rotatable bonds is 5. The van der Waals surface area contributed by atoms with E-state index in [1.165, 1.54) is 23.8 Å². The van der Waals surface area contributed by atoms with Gasteiger partial charge in [0, 0.05) is 5.56 Å². The van der Waals surface area contributed by atoms with Crippen LogP contribution in [0.15, 0.2) is 47.6 Å². The van der Waals surface area contributed by atoms with Crippen LogP contribution in [0.2, 0.25) is 10.0 Å². The van der Waals surface area contributed by atoms with Crippen LogP contribution >= 0.6 is 35.0 Å². The molecular formula is C21H17Cl2N3O4S. The van der Waals surface area contributed by atoms with Crippen molar-refractivity contribution in [3.05, 3.63) is 63.6 Å². The molecule has 0 saturated carbocycles. The number of methoxy groups -OCH3 is 1. The van der Waals surface area contributed by atoms with Crippen molar-refractivity contribution in [1.29, 1.82) is 0 Å². The number of ether oxygens (including phenoxy) is 1. The van der Waals surface area contributed by atoms with Crippen LogP contribution in [0.3, 0.4) is 0 Å². The van der Waals surface area contributed by atoms with Crippen molar-refractivity contribution in [2.45, 2.75) is 18.5 Å². The average Bonchev–Trinajstić information content (AvgIpc) is 3.30. The Labute approximate surface area is 192 Å². The number of amides is 1. The predicted octanol–water partition coefficient (Wildman–Crippen LogP) is 3.91. The van der Waals surface area contributed by atoms with Crippen LogP contribution in [0.4, 0.5) is 0 Å². The van der Waals surface area contributed by atoms with E-state index in [1.54, 1.807) is 49.4 Å². The Morgan fingerprint density at radius 3 is 2.42 bits per heavy atom. The van der Waals surface area contributed by atoms with Crippen LogP contribution in [0.5, 0.6) is 5.75 Å². The number of hydrazone groups is 1. The van der Waals surface area contributed by atoms with Gasteiger partial charge in [0.1, 0.15) is 11.7 Å². The lowest BCUT2D eigenvalue weighted by molar-refractivity contribution is -0.141. The molecule has 1 amide bonds. The third-order valence-electron chi connectivity index (χ3n) is 5.15. The summed E-state index contributed by atoms with van der Waals surface area (Å²) in [5.41, 5.74) is 3.07. The van der Waals surface area contributed by atoms with Gasteiger partial charge in [-0.3, -0.25) is 24.7 Å². The van der Waals surface area contributed by atoms with Crippen molar-refractivity contribution in [3.63, 3.8) is 0 Å². The van der Waals surface area contributed by atoms with E-state index >= 15 is 0 Å². The van der Waals surface area contributed by atoms with E-state index in [2.05, 4.69) is 10.5 Å². The average molecular weight is 478 g/mol. The molecule has 4 rings (SSSR count). The Hall–Kier alpha value is -2.55. The summed E-state index contributed by atoms with van der Waals surface area (Å²) in [7, 11) is 1.52. The molecule has 2 aromatic carbocycles. The highest BCUT2D eigenvalue weighted by atomic mass is 35.5. The van der Waals surface area contributed by atoms with Crippen LogP contribution in [-0.2, 0) is 9.59 Å². The van der Waals surface area contributed by atoms with Gasteiger partial charge in [-0.1, -0.05) is 41.0 Å². The van der Waals surface area contributed by atoms with Crippen molar-refractivity contribution < 1.29 is 19.1 Å². The molecule has 0 aliphatic carbocycles. The molecule has 0 spiro atoms. The molecule has 2 aliphatic rings. The van der Waals surface area contributed by atoms with Crippen LogP contribution in [0.1, 0.15) is 28.9 Å². The summed E-state index contributed by atoms with van der Waals surface area (Å²) in [5, 5.41) is 5.41. The normalized spacial score (nSPS) is 23.0. The number of likely N-dealkylation sites (tertiary alicyclic amines) is 1. The van der Waals surface area contributed by atoms with Crippen LogP contribution in [-0.4, -0.2) is 40.0 Å². The molecule has 2 aromatic rings. The Balaban J connectivity index is 1.78. The fourth-order valence-corrected chi connectivity index (χ4v) is 4.85. The number of carbonyl (C=O) groups is 3. The second kappa shape index (κ2) is 8.53. The van der Waals surface area contributed by atoms with E-state index in [9.17, 15) is 14.4 Å². The summed E-state index contributed by atoms with van der Waals surface area (Å²) >= 11 is 13.6. The topological polar surface area (TPSA) is 88.1 Å². The van der Waals surface area contributed by atoms with Gasteiger partial charge in [-0.15, -0.1) is 0 Å². The molecule has 0 radical (unpaired) electrons. The van der Waals surface area contributed by atoms with Crippen molar-refractivity contribution in [1.82, 2.24) is 10.3 Å². The third-order valence-corrected chi connectivity index (χ3v) is 6.88. The first-order chi connectivity index (χ1) is 14.8. The molecule has 1 fully saturated rings. The highest BCUT2D eigenvalue weighted by Gasteiger charge is 2.54. The molecule has 0 bridgehead atoms. The number of nitrogens with zero attached hydrogens (tertiary/aromatic N) is 2. The van der Waals surface area contributed by atoms with Crippen molar-refractivity contribution in [3.8, 4) is 5.75 Å². The molecule has 1 N–H and O–H groups in total. The van der Waals surface area contributed by atoms with Crippen molar-refractivity contribution >= 4 is 57.5 Å². The van der Waals surface area contributed by atoms with Gasteiger partial charge in [-0.2, -0.15) is 5.10 Å². The van der Waals surface area contributed by atoms with Gasteiger partial charge in [0.25, 0.3) is 5.91 Å². The van der Waals surface area contributed by atoms with Gasteiger partial charge < -0.3 is 4.74 Å². The van der Waals surface area contributed by atoms with E-state index in [0.717, 1.165) is 0 Å². The smallest absolute Gasteiger partial charge is 0.293 e. The van der Waals surface area contributed by atoms with Crippen molar-refractivity contribution in [2.75, 3.05) is 7.11 Å². The Bertz CT molecular complexity index is 1110. The lowest BCUT2D eigenvalue weighted by Gasteiger charge is -2.31. The molecule has 2 heterocycles. The van der Waals surface area contributed by atoms with Gasteiger partial charge >= 0.3 is 0 Å². The maximum absolute atomic E-state index is 13.4. The predicted molar refractivity (Wildman–Crippen MR) is 119 cm³/mol. The molecule has 10 heteroatoms. The maximum atomic E-state index is 13.4. The standard InChI is InChI=1S/C21H17Cl2N3O4S/c1-10-24-25-21(31-10)26-17(12-5-8-14(22)15(23)9-12)16(19(28)20(26)29)18(27)11-3-6-13(30-2)7-4-11/h3-9,16-17,21,25H,1-2H3. The van der Waals surface area contributed by atoms with Gasteiger partial charge in [-0.25, -0.2) is 0 Å². The summed E-state index contributed by atoms with van der Waals surface area (Å²) in [6, 6.07) is 10.4. The van der Waals surface area contributed by atoms with Crippen LogP contribution in [0.25, 0.3) is 0 Å². The summed E-state index contributed by atoms with van der Waals surface area (Å²) < 4.78 is 5.13. The number of benzene rings is 2. The van der Waals surface area contributed by atoms with E-state index in [4.69, 9.17) is 27.9 Å². The minimum absolute atomic E-state index is 0.265. The van der Waals surface area contributed by atoms with Gasteiger partial charge in [0.15, 0.2) is 11.3 Å². The van der Waals surface area contributed by atoms with E-state index in [-0.39, 0.29) is 5.02 Å². The molecule has 3 atom stereocenters. The second-order valence-electron chi connectivity index (χ2n) is 7.00. The maximum Gasteiger partial charge on any atom is 0.293 e. The summed E-state index contributed by atoms with van der Waals surface area (Å²) in [6.07, 6.45) is 0. The van der Waals surface area contributed by atoms with Gasteiger partial charge in [0.2, 0.25) is 5.78 Å². The van der Waals surface area contributed by atoms with Crippen molar-refractivity contribution in [2.24, 2.45) is 11.0 Å². The van der Waals surface area contributed by atoms with Gasteiger partial charge in [-0.05, 0) is 48.9 Å². The molecule has 1 saturated heterocycles. The number of thioether (sulfide) groups is 1. The molecular weight excluding hydrogens is 461 g/mol. The number of halogens is 2. The number of hydrogen-bond donors (Lipinski definition) is 1. The van der Waals surface area contributed by atoms with Gasteiger partial charge in [0.05, 0.1) is 28.2 Å². The summed E-state index contributed by atoms with van der Waals surface area (Å²) in [5.74, 6) is -2.64. The van der Waals surface area contributed by atoms with E-state index < -0.39 is 34.9 Å². The fourth-order valence-electron chi connectivity index (χ4n) is 3.67. The Kier molecular flexibility index (Phi) is 5.96. The van der Waals surface area contributed by atoms with E-state index in [1.807, 2.05) is 0 Å². The first-order valence-electron chi connectivity index (χ1n) is 9.28. The monoisotopic (exact) mass is 477 g/mol. The highest BCUT2D eigenvalue weighted by Crippen LogP contribution is 2.43. The molecule has 3 unspecified atom stereocenters. The molecule has 31 heavy (non-hydrogen) atoms. The summed E-state index contributed by atoms with van der Waals surface area (Å²) in [6.45, 7) is 1.79.